The third kappa shape index (κ3) is 5.03. The molecule has 2 aromatic rings. The predicted molar refractivity (Wildman–Crippen MR) is 121 cm³/mol. The van der Waals surface area contributed by atoms with E-state index in [0.717, 1.165) is 18.6 Å². The minimum atomic E-state index is -0.897. The highest BCUT2D eigenvalue weighted by atomic mass is 19.1. The maximum atomic E-state index is 14.0. The number of hydrogen-bond donors (Lipinski definition) is 1. The highest BCUT2D eigenvalue weighted by molar-refractivity contribution is 5.98. The second-order valence-corrected chi connectivity index (χ2v) is 8.60. The van der Waals surface area contributed by atoms with Gasteiger partial charge in [0.15, 0.2) is 0 Å². The maximum Gasteiger partial charge on any atom is 0.256 e. The summed E-state index contributed by atoms with van der Waals surface area (Å²) in [7, 11) is 1.57. The Morgan fingerprint density at radius 3 is 2.32 bits per heavy atom. The number of carbonyl (C=O) groups excluding carboxylic acids is 3. The topological polar surface area (TPSA) is 79.0 Å². The molecule has 2 aliphatic heterocycles. The van der Waals surface area contributed by atoms with Gasteiger partial charge in [0.1, 0.15) is 23.4 Å². The quantitative estimate of drug-likeness (QED) is 0.725. The second-order valence-electron chi connectivity index (χ2n) is 8.60. The van der Waals surface area contributed by atoms with Crippen LogP contribution in [0.1, 0.15) is 36.0 Å². The molecule has 0 aliphatic carbocycles. The fourth-order valence-corrected chi connectivity index (χ4v) is 4.60. The van der Waals surface area contributed by atoms with Gasteiger partial charge in [0, 0.05) is 37.3 Å². The SMILES string of the molecule is COc1ccc(NC(=O)C2CCCN2C(=O)C2CCN(C(=O)c3ccc(F)cc3F)CC2)cc1. The lowest BCUT2D eigenvalue weighted by molar-refractivity contribution is -0.141. The summed E-state index contributed by atoms with van der Waals surface area (Å²) >= 11 is 0. The fraction of sp³-hybridized carbons (Fsp3) is 0.400. The molecule has 2 aromatic carbocycles. The first-order chi connectivity index (χ1) is 16.4. The number of nitrogens with zero attached hydrogens (tertiary/aromatic N) is 2. The monoisotopic (exact) mass is 471 g/mol. The second kappa shape index (κ2) is 10.2. The summed E-state index contributed by atoms with van der Waals surface area (Å²) in [4.78, 5) is 41.8. The van der Waals surface area contributed by atoms with Crippen molar-refractivity contribution in [1.82, 2.24) is 9.80 Å². The van der Waals surface area contributed by atoms with Crippen molar-refractivity contribution in [1.29, 1.82) is 0 Å². The smallest absolute Gasteiger partial charge is 0.256 e. The Labute approximate surface area is 196 Å². The number of likely N-dealkylation sites (tertiary alicyclic amines) is 2. The number of carbonyl (C=O) groups is 3. The van der Waals surface area contributed by atoms with Gasteiger partial charge in [0.05, 0.1) is 12.7 Å². The Hall–Kier alpha value is -3.49. The molecule has 0 bridgehead atoms. The Morgan fingerprint density at radius 1 is 0.971 bits per heavy atom. The van der Waals surface area contributed by atoms with Crippen LogP contribution in [0, 0.1) is 17.6 Å². The number of halogens is 2. The number of rotatable bonds is 5. The molecule has 1 N–H and O–H groups in total. The van der Waals surface area contributed by atoms with E-state index in [9.17, 15) is 23.2 Å². The van der Waals surface area contributed by atoms with Crippen LogP contribution in [0.25, 0.3) is 0 Å². The van der Waals surface area contributed by atoms with E-state index in [1.807, 2.05) is 0 Å². The summed E-state index contributed by atoms with van der Waals surface area (Å²) < 4.78 is 32.3. The first-order valence-corrected chi connectivity index (χ1v) is 11.4. The van der Waals surface area contributed by atoms with E-state index in [1.54, 1.807) is 36.3 Å². The summed E-state index contributed by atoms with van der Waals surface area (Å²) in [6.07, 6.45) is 2.19. The summed E-state index contributed by atoms with van der Waals surface area (Å²) in [5.74, 6) is -2.09. The molecular weight excluding hydrogens is 444 g/mol. The Morgan fingerprint density at radius 2 is 1.68 bits per heavy atom. The third-order valence-corrected chi connectivity index (χ3v) is 6.49. The molecule has 2 saturated heterocycles. The maximum absolute atomic E-state index is 14.0. The molecule has 0 spiro atoms. The van der Waals surface area contributed by atoms with Crippen molar-refractivity contribution in [3.63, 3.8) is 0 Å². The molecule has 2 fully saturated rings. The average molecular weight is 472 g/mol. The van der Waals surface area contributed by atoms with Crippen LogP contribution in [-0.4, -0.2) is 60.3 Å². The normalized spacial score (nSPS) is 18.6. The standard InChI is InChI=1S/C25H27F2N3O4/c1-34-19-7-5-18(6-8-19)28-23(31)22-3-2-12-30(22)24(32)16-10-13-29(14-11-16)25(33)20-9-4-17(26)15-21(20)27/h4-9,15-16,22H,2-3,10-14H2,1H3,(H,28,31). The summed E-state index contributed by atoms with van der Waals surface area (Å²) in [6, 6.07) is 9.33. The minimum Gasteiger partial charge on any atom is -0.497 e. The predicted octanol–water partition coefficient (Wildman–Crippen LogP) is 3.46. The molecule has 4 rings (SSSR count). The zero-order valence-corrected chi connectivity index (χ0v) is 18.9. The Balaban J connectivity index is 1.34. The van der Waals surface area contributed by atoms with Gasteiger partial charge in [0.25, 0.3) is 5.91 Å². The van der Waals surface area contributed by atoms with Crippen molar-refractivity contribution in [3.05, 3.63) is 59.7 Å². The van der Waals surface area contributed by atoms with Crippen molar-refractivity contribution in [2.45, 2.75) is 31.7 Å². The molecule has 2 aliphatic rings. The largest absolute Gasteiger partial charge is 0.497 e. The van der Waals surface area contributed by atoms with Crippen molar-refractivity contribution in [3.8, 4) is 5.75 Å². The number of anilines is 1. The van der Waals surface area contributed by atoms with Gasteiger partial charge in [0.2, 0.25) is 11.8 Å². The van der Waals surface area contributed by atoms with Gasteiger partial charge in [-0.25, -0.2) is 8.78 Å². The van der Waals surface area contributed by atoms with Crippen molar-refractivity contribution >= 4 is 23.4 Å². The molecule has 9 heteroatoms. The van der Waals surface area contributed by atoms with E-state index >= 15 is 0 Å². The molecule has 2 heterocycles. The summed E-state index contributed by atoms with van der Waals surface area (Å²) in [6.45, 7) is 1.10. The van der Waals surface area contributed by atoms with Crippen LogP contribution >= 0.6 is 0 Å². The molecular formula is C25H27F2N3O4. The summed E-state index contributed by atoms with van der Waals surface area (Å²) in [5, 5.41) is 2.87. The molecule has 34 heavy (non-hydrogen) atoms. The van der Waals surface area contributed by atoms with Crippen LogP contribution in [0.5, 0.6) is 5.75 Å². The minimum absolute atomic E-state index is 0.0903. The van der Waals surface area contributed by atoms with Crippen molar-refractivity contribution < 1.29 is 27.9 Å². The molecule has 0 aromatic heterocycles. The fourth-order valence-electron chi connectivity index (χ4n) is 4.60. The lowest BCUT2D eigenvalue weighted by Gasteiger charge is -2.34. The Kier molecular flexibility index (Phi) is 7.09. The number of amides is 3. The van der Waals surface area contributed by atoms with Gasteiger partial charge in [-0.05, 0) is 62.1 Å². The van der Waals surface area contributed by atoms with Crippen molar-refractivity contribution in [2.75, 3.05) is 32.1 Å². The number of methoxy groups -OCH3 is 1. The van der Waals surface area contributed by atoms with Crippen LogP contribution in [0.15, 0.2) is 42.5 Å². The van der Waals surface area contributed by atoms with Crippen LogP contribution in [0.2, 0.25) is 0 Å². The molecule has 0 saturated carbocycles. The lowest BCUT2D eigenvalue weighted by atomic mass is 9.94. The first-order valence-electron chi connectivity index (χ1n) is 11.4. The van der Waals surface area contributed by atoms with E-state index in [1.165, 1.54) is 4.90 Å². The van der Waals surface area contributed by atoms with Gasteiger partial charge in [-0.3, -0.25) is 14.4 Å². The third-order valence-electron chi connectivity index (χ3n) is 6.49. The zero-order valence-electron chi connectivity index (χ0n) is 18.9. The first kappa shape index (κ1) is 23.7. The van der Waals surface area contributed by atoms with Crippen LogP contribution in [0.4, 0.5) is 14.5 Å². The molecule has 1 unspecified atom stereocenters. The van der Waals surface area contributed by atoms with Gasteiger partial charge in [-0.1, -0.05) is 0 Å². The van der Waals surface area contributed by atoms with Crippen LogP contribution in [-0.2, 0) is 9.59 Å². The number of nitrogens with one attached hydrogen (secondary N) is 1. The molecule has 3 amide bonds. The van der Waals surface area contributed by atoms with Gasteiger partial charge < -0.3 is 19.9 Å². The van der Waals surface area contributed by atoms with Gasteiger partial charge >= 0.3 is 0 Å². The van der Waals surface area contributed by atoms with E-state index < -0.39 is 23.6 Å². The number of ether oxygens (including phenoxy) is 1. The lowest BCUT2D eigenvalue weighted by Crippen LogP contribution is -2.48. The highest BCUT2D eigenvalue weighted by Crippen LogP contribution is 2.27. The van der Waals surface area contributed by atoms with Crippen molar-refractivity contribution in [2.24, 2.45) is 5.92 Å². The number of piperidine rings is 1. The summed E-state index contributed by atoms with van der Waals surface area (Å²) in [5.41, 5.74) is 0.450. The number of hydrogen-bond acceptors (Lipinski definition) is 4. The van der Waals surface area contributed by atoms with E-state index in [0.29, 0.717) is 56.4 Å². The van der Waals surface area contributed by atoms with Gasteiger partial charge in [-0.15, -0.1) is 0 Å². The van der Waals surface area contributed by atoms with E-state index in [-0.39, 0.29) is 23.3 Å². The number of benzene rings is 2. The molecule has 1 atom stereocenters. The Bertz CT molecular complexity index is 1070. The van der Waals surface area contributed by atoms with E-state index in [2.05, 4.69) is 5.32 Å². The molecule has 0 radical (unpaired) electrons. The van der Waals surface area contributed by atoms with Crippen LogP contribution in [0.3, 0.4) is 0 Å². The van der Waals surface area contributed by atoms with E-state index in [4.69, 9.17) is 4.74 Å². The van der Waals surface area contributed by atoms with Crippen LogP contribution < -0.4 is 10.1 Å². The molecule has 7 nitrogen and oxygen atoms in total. The average Bonchev–Trinajstić information content (AvgIpc) is 3.34. The zero-order chi connectivity index (χ0) is 24.2. The highest BCUT2D eigenvalue weighted by Gasteiger charge is 2.38. The van der Waals surface area contributed by atoms with Gasteiger partial charge in [-0.2, -0.15) is 0 Å². The molecule has 180 valence electrons.